The first-order valence-electron chi connectivity index (χ1n) is 5.78. The lowest BCUT2D eigenvalue weighted by atomic mass is 10.2. The highest BCUT2D eigenvalue weighted by Crippen LogP contribution is 2.28. The van der Waals surface area contributed by atoms with Crippen molar-refractivity contribution in [2.75, 3.05) is 11.4 Å². The minimum atomic E-state index is 0.476. The van der Waals surface area contributed by atoms with Crippen molar-refractivity contribution in [1.82, 2.24) is 0 Å². The van der Waals surface area contributed by atoms with E-state index >= 15 is 0 Å². The first kappa shape index (κ1) is 13.7. The van der Waals surface area contributed by atoms with Crippen molar-refractivity contribution in [1.29, 1.82) is 0 Å². The molecule has 1 rings (SSSR count). The average Bonchev–Trinajstić information content (AvgIpc) is 2.23. The maximum Gasteiger partial charge on any atom is 0.0612 e. The van der Waals surface area contributed by atoms with Crippen LogP contribution in [0.4, 0.5) is 5.69 Å². The molecule has 16 heavy (non-hydrogen) atoms. The first-order chi connectivity index (χ1) is 7.56. The zero-order valence-electron chi connectivity index (χ0n) is 10.1. The Kier molecular flexibility index (Phi) is 5.43. The molecule has 0 radical (unpaired) electrons. The van der Waals surface area contributed by atoms with E-state index in [9.17, 15) is 0 Å². The van der Waals surface area contributed by atoms with Crippen LogP contribution in [0.1, 0.15) is 33.6 Å². The highest BCUT2D eigenvalue weighted by atomic mass is 35.5. The van der Waals surface area contributed by atoms with Crippen LogP contribution in [-0.2, 0) is 0 Å². The van der Waals surface area contributed by atoms with Gasteiger partial charge >= 0.3 is 0 Å². The lowest BCUT2D eigenvalue weighted by Crippen LogP contribution is -2.31. The fourth-order valence-corrected chi connectivity index (χ4v) is 1.97. The Morgan fingerprint density at radius 1 is 1.19 bits per heavy atom. The maximum absolute atomic E-state index is 6.04. The summed E-state index contributed by atoms with van der Waals surface area (Å²) in [6.07, 6.45) is 2.39. The average molecular weight is 260 g/mol. The fraction of sp³-hybridized carbons (Fsp3) is 0.538. The summed E-state index contributed by atoms with van der Waals surface area (Å²) in [4.78, 5) is 2.35. The monoisotopic (exact) mass is 259 g/mol. The summed E-state index contributed by atoms with van der Waals surface area (Å²) in [7, 11) is 0. The molecule has 0 fully saturated rings. The van der Waals surface area contributed by atoms with Crippen molar-refractivity contribution < 1.29 is 0 Å². The molecule has 1 nitrogen and oxygen atoms in total. The highest BCUT2D eigenvalue weighted by Gasteiger charge is 2.11. The van der Waals surface area contributed by atoms with Gasteiger partial charge in [-0.15, -0.1) is 0 Å². The lowest BCUT2D eigenvalue weighted by molar-refractivity contribution is 0.646. The molecule has 0 spiro atoms. The van der Waals surface area contributed by atoms with Crippen LogP contribution < -0.4 is 4.90 Å². The second-order valence-electron chi connectivity index (χ2n) is 4.24. The molecule has 90 valence electrons. The number of rotatable bonds is 5. The summed E-state index contributed by atoms with van der Waals surface area (Å²) in [5.74, 6) is 0. The van der Waals surface area contributed by atoms with Crippen molar-refractivity contribution in [2.24, 2.45) is 0 Å². The van der Waals surface area contributed by atoms with Gasteiger partial charge < -0.3 is 4.90 Å². The van der Waals surface area contributed by atoms with Gasteiger partial charge in [0.1, 0.15) is 0 Å². The Morgan fingerprint density at radius 3 is 2.38 bits per heavy atom. The van der Waals surface area contributed by atoms with Crippen LogP contribution in [0, 0.1) is 0 Å². The van der Waals surface area contributed by atoms with E-state index < -0.39 is 0 Å². The molecule has 0 aliphatic rings. The van der Waals surface area contributed by atoms with Crippen LogP contribution >= 0.6 is 23.2 Å². The summed E-state index contributed by atoms with van der Waals surface area (Å²) >= 11 is 12.0. The smallest absolute Gasteiger partial charge is 0.0612 e. The van der Waals surface area contributed by atoms with Crippen molar-refractivity contribution in [3.8, 4) is 0 Å². The molecule has 0 amide bonds. The molecule has 0 unspecified atom stereocenters. The van der Waals surface area contributed by atoms with E-state index in [1.165, 1.54) is 12.8 Å². The maximum atomic E-state index is 6.04. The van der Waals surface area contributed by atoms with Crippen LogP contribution in [0.15, 0.2) is 18.2 Å². The lowest BCUT2D eigenvalue weighted by Gasteiger charge is -2.29. The standard InChI is InChI=1S/C13H19Cl2N/c1-4-5-8-16(10(2)3)11-6-7-12(14)13(15)9-11/h6-7,9-10H,4-5,8H2,1-3H3. The highest BCUT2D eigenvalue weighted by molar-refractivity contribution is 6.42. The predicted molar refractivity (Wildman–Crippen MR) is 73.9 cm³/mol. The Bertz CT molecular complexity index is 337. The van der Waals surface area contributed by atoms with Gasteiger partial charge in [0, 0.05) is 18.3 Å². The molecule has 0 saturated carbocycles. The molecule has 0 bridgehead atoms. The van der Waals surface area contributed by atoms with Gasteiger partial charge in [-0.1, -0.05) is 36.5 Å². The molecule has 0 saturated heterocycles. The molecule has 0 heterocycles. The number of hydrogen-bond donors (Lipinski definition) is 0. The number of benzene rings is 1. The predicted octanol–water partition coefficient (Wildman–Crippen LogP) is 5.01. The van der Waals surface area contributed by atoms with E-state index in [2.05, 4.69) is 25.7 Å². The minimum absolute atomic E-state index is 0.476. The van der Waals surface area contributed by atoms with Gasteiger partial charge in [0.2, 0.25) is 0 Å². The van der Waals surface area contributed by atoms with Crippen molar-refractivity contribution in [3.05, 3.63) is 28.2 Å². The van der Waals surface area contributed by atoms with Crippen molar-refractivity contribution in [2.45, 2.75) is 39.7 Å². The third kappa shape index (κ3) is 3.57. The molecule has 1 aromatic carbocycles. The van der Waals surface area contributed by atoms with Gasteiger partial charge in [0.05, 0.1) is 10.0 Å². The molecule has 0 atom stereocenters. The summed E-state index contributed by atoms with van der Waals surface area (Å²) in [6.45, 7) is 7.65. The molecular formula is C13H19Cl2N. The molecule has 0 aliphatic heterocycles. The van der Waals surface area contributed by atoms with Crippen LogP contribution in [0.25, 0.3) is 0 Å². The number of unbranched alkanes of at least 4 members (excludes halogenated alkanes) is 1. The number of nitrogens with zero attached hydrogens (tertiary/aromatic N) is 1. The van der Waals surface area contributed by atoms with Gasteiger partial charge in [0.15, 0.2) is 0 Å². The van der Waals surface area contributed by atoms with Crippen molar-refractivity contribution >= 4 is 28.9 Å². The van der Waals surface area contributed by atoms with Crippen LogP contribution in [0.3, 0.4) is 0 Å². The number of hydrogen-bond acceptors (Lipinski definition) is 1. The SMILES string of the molecule is CCCCN(c1ccc(Cl)c(Cl)c1)C(C)C. The Morgan fingerprint density at radius 2 is 1.88 bits per heavy atom. The minimum Gasteiger partial charge on any atom is -0.369 e. The van der Waals surface area contributed by atoms with Crippen LogP contribution in [0.2, 0.25) is 10.0 Å². The molecule has 0 aliphatic carbocycles. The zero-order chi connectivity index (χ0) is 12.1. The fourth-order valence-electron chi connectivity index (χ4n) is 1.68. The van der Waals surface area contributed by atoms with Crippen molar-refractivity contribution in [3.63, 3.8) is 0 Å². The normalized spacial score (nSPS) is 10.9. The van der Waals surface area contributed by atoms with Gasteiger partial charge in [-0.25, -0.2) is 0 Å². The topological polar surface area (TPSA) is 3.24 Å². The Balaban J connectivity index is 2.88. The summed E-state index contributed by atoms with van der Waals surface area (Å²) in [6, 6.07) is 6.31. The van der Waals surface area contributed by atoms with Gasteiger partial charge in [-0.3, -0.25) is 0 Å². The van der Waals surface area contributed by atoms with Gasteiger partial charge in [-0.2, -0.15) is 0 Å². The third-order valence-electron chi connectivity index (χ3n) is 2.61. The van der Waals surface area contributed by atoms with Crippen LogP contribution in [0.5, 0.6) is 0 Å². The molecule has 3 heteroatoms. The van der Waals surface area contributed by atoms with E-state index in [4.69, 9.17) is 23.2 Å². The second-order valence-corrected chi connectivity index (χ2v) is 5.05. The molecule has 0 aromatic heterocycles. The van der Waals surface area contributed by atoms with E-state index in [0.29, 0.717) is 16.1 Å². The van der Waals surface area contributed by atoms with Crippen LogP contribution in [-0.4, -0.2) is 12.6 Å². The molecule has 1 aromatic rings. The molecular weight excluding hydrogens is 241 g/mol. The Labute approximate surface area is 108 Å². The van der Waals surface area contributed by atoms with E-state index in [1.807, 2.05) is 18.2 Å². The van der Waals surface area contributed by atoms with E-state index in [1.54, 1.807) is 0 Å². The molecule has 0 N–H and O–H groups in total. The van der Waals surface area contributed by atoms with E-state index in [0.717, 1.165) is 12.2 Å². The summed E-state index contributed by atoms with van der Waals surface area (Å²) < 4.78 is 0. The summed E-state index contributed by atoms with van der Waals surface area (Å²) in [5.41, 5.74) is 1.15. The third-order valence-corrected chi connectivity index (χ3v) is 3.35. The number of anilines is 1. The van der Waals surface area contributed by atoms with E-state index in [-0.39, 0.29) is 0 Å². The zero-order valence-corrected chi connectivity index (χ0v) is 11.6. The Hall–Kier alpha value is -0.400. The quantitative estimate of drug-likeness (QED) is 0.719. The second kappa shape index (κ2) is 6.36. The summed E-state index contributed by atoms with van der Waals surface area (Å²) in [5, 5.41) is 1.24. The largest absolute Gasteiger partial charge is 0.369 e. The number of halogens is 2. The van der Waals surface area contributed by atoms with Gasteiger partial charge in [0.25, 0.3) is 0 Å². The first-order valence-corrected chi connectivity index (χ1v) is 6.53. The van der Waals surface area contributed by atoms with Gasteiger partial charge in [-0.05, 0) is 38.5 Å².